The second-order valence-electron chi connectivity index (χ2n) is 3.15. The Balaban J connectivity index is 3.94. The molecule has 0 aromatic carbocycles. The molecule has 0 aromatic rings. The Labute approximate surface area is 73.7 Å². The minimum atomic E-state index is -2.99. The van der Waals surface area contributed by atoms with Crippen LogP contribution >= 0.6 is 0 Å². The Kier molecular flexibility index (Phi) is 4.74. The van der Waals surface area contributed by atoms with Crippen LogP contribution in [-0.2, 0) is 9.84 Å². The average molecular weight is 195 g/mol. The third-order valence-electron chi connectivity index (χ3n) is 1.73. The van der Waals surface area contributed by atoms with Gasteiger partial charge in [0, 0.05) is 6.04 Å². The van der Waals surface area contributed by atoms with Crippen molar-refractivity contribution in [3.05, 3.63) is 0 Å². The Morgan fingerprint density at radius 2 is 1.92 bits per heavy atom. The quantitative estimate of drug-likeness (QED) is 0.621. The van der Waals surface area contributed by atoms with E-state index < -0.39 is 15.9 Å². The molecule has 12 heavy (non-hydrogen) atoms. The van der Waals surface area contributed by atoms with Crippen LogP contribution in [0.4, 0.5) is 0 Å². The molecule has 4 nitrogen and oxygen atoms in total. The van der Waals surface area contributed by atoms with Gasteiger partial charge in [0.25, 0.3) is 0 Å². The molecule has 1 atom stereocenters. The largest absolute Gasteiger partial charge is 0.395 e. The number of aliphatic hydroxyl groups excluding tert-OH is 1. The van der Waals surface area contributed by atoms with Gasteiger partial charge >= 0.3 is 0 Å². The molecule has 0 saturated heterocycles. The van der Waals surface area contributed by atoms with Crippen molar-refractivity contribution in [2.75, 3.05) is 12.4 Å². The van der Waals surface area contributed by atoms with E-state index in [9.17, 15) is 8.42 Å². The zero-order chi connectivity index (χ0) is 9.78. The van der Waals surface area contributed by atoms with Gasteiger partial charge in [-0.3, -0.25) is 0 Å². The van der Waals surface area contributed by atoms with Gasteiger partial charge in [-0.25, -0.2) is 8.42 Å². The van der Waals surface area contributed by atoms with Gasteiger partial charge in [0.1, 0.15) is 0 Å². The molecule has 0 aliphatic carbocycles. The molecule has 1 unspecified atom stereocenters. The molecule has 0 radical (unpaired) electrons. The summed E-state index contributed by atoms with van der Waals surface area (Å²) in [5.41, 5.74) is 5.37. The summed E-state index contributed by atoms with van der Waals surface area (Å²) in [5, 5.41) is 8.19. The van der Waals surface area contributed by atoms with Gasteiger partial charge in [-0.05, 0) is 20.3 Å². The second kappa shape index (κ2) is 4.79. The maximum atomic E-state index is 11.2. The molecule has 0 aromatic heterocycles. The van der Waals surface area contributed by atoms with Crippen molar-refractivity contribution < 1.29 is 13.5 Å². The molecular formula is C7H17NO3S. The van der Waals surface area contributed by atoms with Crippen molar-refractivity contribution in [3.63, 3.8) is 0 Å². The summed E-state index contributed by atoms with van der Waals surface area (Å²) in [4.78, 5) is 0. The lowest BCUT2D eigenvalue weighted by Gasteiger charge is -2.10. The molecule has 74 valence electrons. The summed E-state index contributed by atoms with van der Waals surface area (Å²) in [6.07, 6.45) is 0.330. The molecule has 3 N–H and O–H groups in total. The third-order valence-corrected chi connectivity index (χ3v) is 3.97. The smallest absolute Gasteiger partial charge is 0.152 e. The van der Waals surface area contributed by atoms with Crippen LogP contribution < -0.4 is 5.73 Å². The number of aliphatic hydroxyl groups is 1. The van der Waals surface area contributed by atoms with Crippen LogP contribution in [0.15, 0.2) is 0 Å². The highest BCUT2D eigenvalue weighted by atomic mass is 32.2. The van der Waals surface area contributed by atoms with Crippen LogP contribution in [0, 0.1) is 0 Å². The van der Waals surface area contributed by atoms with Gasteiger partial charge < -0.3 is 10.8 Å². The van der Waals surface area contributed by atoms with Crippen molar-refractivity contribution in [1.82, 2.24) is 0 Å². The first-order chi connectivity index (χ1) is 5.40. The van der Waals surface area contributed by atoms with Crippen LogP contribution in [0.2, 0.25) is 0 Å². The highest BCUT2D eigenvalue weighted by Crippen LogP contribution is 2.03. The third kappa shape index (κ3) is 4.04. The van der Waals surface area contributed by atoms with Crippen LogP contribution in [0.25, 0.3) is 0 Å². The standard InChI is InChI=1S/C7H17NO3S/c1-6(2)12(10,11)4-3-7(8)5-9/h6-7,9H,3-5,8H2,1-2H3. The topological polar surface area (TPSA) is 80.4 Å². The predicted molar refractivity (Wildman–Crippen MR) is 48.6 cm³/mol. The number of hydrogen-bond donors (Lipinski definition) is 2. The van der Waals surface area contributed by atoms with Crippen molar-refractivity contribution in [2.45, 2.75) is 31.6 Å². The Morgan fingerprint density at radius 1 is 1.42 bits per heavy atom. The molecular weight excluding hydrogens is 178 g/mol. The molecule has 0 spiro atoms. The van der Waals surface area contributed by atoms with Gasteiger partial charge in [0.05, 0.1) is 17.6 Å². The van der Waals surface area contributed by atoms with Crippen molar-refractivity contribution in [3.8, 4) is 0 Å². The van der Waals surface area contributed by atoms with E-state index in [2.05, 4.69) is 0 Å². The first-order valence-corrected chi connectivity index (χ1v) is 5.69. The second-order valence-corrected chi connectivity index (χ2v) is 5.82. The average Bonchev–Trinajstić information content (AvgIpc) is 2.00. The lowest BCUT2D eigenvalue weighted by molar-refractivity contribution is 0.263. The van der Waals surface area contributed by atoms with Crippen LogP contribution in [-0.4, -0.2) is 37.2 Å². The molecule has 5 heteroatoms. The number of sulfone groups is 1. The summed E-state index contributed by atoms with van der Waals surface area (Å²) in [6, 6.07) is -0.418. The SMILES string of the molecule is CC(C)S(=O)(=O)CCC(N)CO. The van der Waals surface area contributed by atoms with Gasteiger partial charge in [0.2, 0.25) is 0 Å². The fourth-order valence-corrected chi connectivity index (χ4v) is 1.75. The lowest BCUT2D eigenvalue weighted by Crippen LogP contribution is -2.29. The van der Waals surface area contributed by atoms with Crippen LogP contribution in [0.3, 0.4) is 0 Å². The molecule has 0 bridgehead atoms. The van der Waals surface area contributed by atoms with Crippen molar-refractivity contribution in [1.29, 1.82) is 0 Å². The molecule has 0 rings (SSSR count). The fourth-order valence-electron chi connectivity index (χ4n) is 0.643. The Morgan fingerprint density at radius 3 is 2.25 bits per heavy atom. The van der Waals surface area contributed by atoms with E-state index in [1.54, 1.807) is 13.8 Å². The first-order valence-electron chi connectivity index (χ1n) is 3.98. The molecule has 0 fully saturated rings. The predicted octanol–water partition coefficient (Wildman–Crippen LogP) is -0.481. The zero-order valence-corrected chi connectivity index (χ0v) is 8.34. The highest BCUT2D eigenvalue weighted by molar-refractivity contribution is 7.91. The zero-order valence-electron chi connectivity index (χ0n) is 7.53. The number of hydrogen-bond acceptors (Lipinski definition) is 4. The van der Waals surface area contributed by atoms with Crippen LogP contribution in [0.5, 0.6) is 0 Å². The van der Waals surface area contributed by atoms with E-state index in [1.807, 2.05) is 0 Å². The van der Waals surface area contributed by atoms with E-state index in [0.717, 1.165) is 0 Å². The molecule has 0 heterocycles. The Hall–Kier alpha value is -0.130. The number of nitrogens with two attached hydrogens (primary N) is 1. The highest BCUT2D eigenvalue weighted by Gasteiger charge is 2.16. The Bertz CT molecular complexity index is 211. The van der Waals surface area contributed by atoms with Crippen LogP contribution in [0.1, 0.15) is 20.3 Å². The van der Waals surface area contributed by atoms with E-state index >= 15 is 0 Å². The molecule has 0 aliphatic heterocycles. The van der Waals surface area contributed by atoms with Gasteiger partial charge in [-0.15, -0.1) is 0 Å². The van der Waals surface area contributed by atoms with Gasteiger partial charge in [-0.2, -0.15) is 0 Å². The number of rotatable bonds is 5. The molecule has 0 saturated carbocycles. The van der Waals surface area contributed by atoms with Crippen molar-refractivity contribution >= 4 is 9.84 Å². The van der Waals surface area contributed by atoms with E-state index in [0.29, 0.717) is 6.42 Å². The summed E-state index contributed by atoms with van der Waals surface area (Å²) < 4.78 is 22.4. The van der Waals surface area contributed by atoms with Gasteiger partial charge in [0.15, 0.2) is 9.84 Å². The first kappa shape index (κ1) is 11.9. The van der Waals surface area contributed by atoms with E-state index in [4.69, 9.17) is 10.8 Å². The maximum absolute atomic E-state index is 11.2. The molecule has 0 amide bonds. The summed E-state index contributed by atoms with van der Waals surface area (Å²) >= 11 is 0. The monoisotopic (exact) mass is 195 g/mol. The molecule has 0 aliphatic rings. The fraction of sp³-hybridized carbons (Fsp3) is 1.00. The van der Waals surface area contributed by atoms with E-state index in [1.165, 1.54) is 0 Å². The van der Waals surface area contributed by atoms with Crippen molar-refractivity contribution in [2.24, 2.45) is 5.73 Å². The minimum Gasteiger partial charge on any atom is -0.395 e. The normalized spacial score (nSPS) is 15.1. The summed E-state index contributed by atoms with van der Waals surface area (Å²) in [5.74, 6) is 0.0619. The minimum absolute atomic E-state index is 0.0619. The maximum Gasteiger partial charge on any atom is 0.152 e. The van der Waals surface area contributed by atoms with Gasteiger partial charge in [-0.1, -0.05) is 0 Å². The lowest BCUT2D eigenvalue weighted by atomic mass is 10.3. The van der Waals surface area contributed by atoms with E-state index in [-0.39, 0.29) is 17.6 Å². The summed E-state index contributed by atoms with van der Waals surface area (Å²) in [6.45, 7) is 3.12. The summed E-state index contributed by atoms with van der Waals surface area (Å²) in [7, 11) is -2.99.